The molecule has 1 amide bonds. The van der Waals surface area contributed by atoms with E-state index >= 15 is 0 Å². The van der Waals surface area contributed by atoms with Gasteiger partial charge in [-0.1, -0.05) is 6.92 Å². The lowest BCUT2D eigenvalue weighted by Crippen LogP contribution is -2.40. The molecule has 16 heavy (non-hydrogen) atoms. The number of nitrogens with one attached hydrogen (secondary N) is 1. The van der Waals surface area contributed by atoms with Gasteiger partial charge in [0.25, 0.3) is 0 Å². The Bertz CT molecular complexity index is 350. The Morgan fingerprint density at radius 2 is 2.31 bits per heavy atom. The van der Waals surface area contributed by atoms with Crippen molar-refractivity contribution in [2.75, 3.05) is 0 Å². The van der Waals surface area contributed by atoms with Gasteiger partial charge in [0.1, 0.15) is 18.7 Å². The van der Waals surface area contributed by atoms with Crippen molar-refractivity contribution in [2.24, 2.45) is 0 Å². The van der Waals surface area contributed by atoms with Crippen LogP contribution >= 0.6 is 0 Å². The number of carboxylic acids is 1. The molecule has 1 aromatic heterocycles. The van der Waals surface area contributed by atoms with Gasteiger partial charge in [-0.2, -0.15) is 5.10 Å². The van der Waals surface area contributed by atoms with Gasteiger partial charge in [-0.05, 0) is 6.42 Å². The van der Waals surface area contributed by atoms with Crippen molar-refractivity contribution >= 4 is 11.9 Å². The standard InChI is InChI=1S/C9H14N4O3/c1-2-7(9(15)16)12-8(14)3-4-13-6-10-5-11-13/h5-7H,2-4H2,1H3,(H,12,14)(H,15,16). The zero-order chi connectivity index (χ0) is 12.0. The third-order valence-corrected chi connectivity index (χ3v) is 2.08. The van der Waals surface area contributed by atoms with Gasteiger partial charge in [0.15, 0.2) is 0 Å². The molecule has 1 atom stereocenters. The van der Waals surface area contributed by atoms with E-state index < -0.39 is 12.0 Å². The summed E-state index contributed by atoms with van der Waals surface area (Å²) in [6, 6.07) is -0.816. The second kappa shape index (κ2) is 5.84. The number of aryl methyl sites for hydroxylation is 1. The van der Waals surface area contributed by atoms with Gasteiger partial charge in [-0.25, -0.2) is 9.78 Å². The minimum absolute atomic E-state index is 0.188. The molecule has 2 N–H and O–H groups in total. The van der Waals surface area contributed by atoms with Crippen LogP contribution in [0.5, 0.6) is 0 Å². The van der Waals surface area contributed by atoms with Gasteiger partial charge in [-0.15, -0.1) is 0 Å². The predicted molar refractivity (Wildman–Crippen MR) is 54.5 cm³/mol. The van der Waals surface area contributed by atoms with Gasteiger partial charge in [-0.3, -0.25) is 9.48 Å². The smallest absolute Gasteiger partial charge is 0.326 e. The van der Waals surface area contributed by atoms with Crippen molar-refractivity contribution in [1.29, 1.82) is 0 Å². The average molecular weight is 226 g/mol. The molecule has 1 heterocycles. The molecule has 0 saturated heterocycles. The van der Waals surface area contributed by atoms with Crippen molar-refractivity contribution in [3.05, 3.63) is 12.7 Å². The largest absolute Gasteiger partial charge is 0.480 e. The third-order valence-electron chi connectivity index (χ3n) is 2.08. The highest BCUT2D eigenvalue weighted by atomic mass is 16.4. The molecular weight excluding hydrogens is 212 g/mol. The number of aliphatic carboxylic acids is 1. The Morgan fingerprint density at radius 1 is 1.56 bits per heavy atom. The molecule has 0 aliphatic rings. The van der Waals surface area contributed by atoms with Crippen LogP contribution in [-0.4, -0.2) is 37.8 Å². The van der Waals surface area contributed by atoms with E-state index in [-0.39, 0.29) is 12.3 Å². The molecule has 1 rings (SSSR count). The van der Waals surface area contributed by atoms with E-state index in [2.05, 4.69) is 15.4 Å². The van der Waals surface area contributed by atoms with Crippen LogP contribution in [0.2, 0.25) is 0 Å². The minimum atomic E-state index is -1.02. The molecule has 1 aromatic rings. The van der Waals surface area contributed by atoms with Crippen LogP contribution in [0.1, 0.15) is 19.8 Å². The van der Waals surface area contributed by atoms with Crippen LogP contribution in [0.4, 0.5) is 0 Å². The summed E-state index contributed by atoms with van der Waals surface area (Å²) >= 11 is 0. The molecule has 0 aliphatic heterocycles. The average Bonchev–Trinajstić information content (AvgIpc) is 2.75. The molecule has 88 valence electrons. The van der Waals surface area contributed by atoms with Crippen LogP contribution in [0, 0.1) is 0 Å². The molecule has 0 aliphatic carbocycles. The van der Waals surface area contributed by atoms with Crippen LogP contribution < -0.4 is 5.32 Å². The van der Waals surface area contributed by atoms with Crippen molar-refractivity contribution < 1.29 is 14.7 Å². The highest BCUT2D eigenvalue weighted by Gasteiger charge is 2.16. The number of carbonyl (C=O) groups is 2. The molecular formula is C9H14N4O3. The lowest BCUT2D eigenvalue weighted by atomic mass is 10.2. The van der Waals surface area contributed by atoms with Crippen molar-refractivity contribution in [2.45, 2.75) is 32.4 Å². The van der Waals surface area contributed by atoms with E-state index in [1.54, 1.807) is 6.92 Å². The lowest BCUT2D eigenvalue weighted by molar-refractivity contribution is -0.141. The van der Waals surface area contributed by atoms with E-state index in [0.29, 0.717) is 13.0 Å². The first-order valence-corrected chi connectivity index (χ1v) is 4.98. The summed E-state index contributed by atoms with van der Waals surface area (Å²) in [7, 11) is 0. The number of rotatable bonds is 6. The van der Waals surface area contributed by atoms with Gasteiger partial charge < -0.3 is 10.4 Å². The fourth-order valence-corrected chi connectivity index (χ4v) is 1.17. The first-order valence-electron chi connectivity index (χ1n) is 4.98. The number of carbonyl (C=O) groups excluding carboxylic acids is 1. The van der Waals surface area contributed by atoms with Gasteiger partial charge in [0.05, 0.1) is 6.54 Å². The zero-order valence-electron chi connectivity index (χ0n) is 8.96. The summed E-state index contributed by atoms with van der Waals surface area (Å²) in [5.41, 5.74) is 0. The van der Waals surface area contributed by atoms with E-state index in [1.165, 1.54) is 17.3 Å². The van der Waals surface area contributed by atoms with E-state index in [9.17, 15) is 9.59 Å². The van der Waals surface area contributed by atoms with E-state index in [0.717, 1.165) is 0 Å². The lowest BCUT2D eigenvalue weighted by Gasteiger charge is -2.11. The molecule has 7 heteroatoms. The molecule has 0 spiro atoms. The highest BCUT2D eigenvalue weighted by molar-refractivity contribution is 5.83. The topological polar surface area (TPSA) is 97.1 Å². The summed E-state index contributed by atoms with van der Waals surface area (Å²) in [6.45, 7) is 2.10. The van der Waals surface area contributed by atoms with Crippen molar-refractivity contribution in [1.82, 2.24) is 20.1 Å². The molecule has 0 aromatic carbocycles. The zero-order valence-corrected chi connectivity index (χ0v) is 8.96. The van der Waals surface area contributed by atoms with Crippen LogP contribution in [-0.2, 0) is 16.1 Å². The summed E-state index contributed by atoms with van der Waals surface area (Å²) in [4.78, 5) is 25.8. The van der Waals surface area contributed by atoms with Gasteiger partial charge in [0, 0.05) is 6.42 Å². The van der Waals surface area contributed by atoms with Crippen LogP contribution in [0.15, 0.2) is 12.7 Å². The van der Waals surface area contributed by atoms with Gasteiger partial charge >= 0.3 is 5.97 Å². The number of aromatic nitrogens is 3. The second-order valence-corrected chi connectivity index (χ2v) is 3.28. The summed E-state index contributed by atoms with van der Waals surface area (Å²) in [5, 5.41) is 15.0. The third kappa shape index (κ3) is 3.68. The summed E-state index contributed by atoms with van der Waals surface area (Å²) < 4.78 is 1.52. The second-order valence-electron chi connectivity index (χ2n) is 3.28. The van der Waals surface area contributed by atoms with E-state index in [4.69, 9.17) is 5.11 Å². The molecule has 1 unspecified atom stereocenters. The Balaban J connectivity index is 2.33. The van der Waals surface area contributed by atoms with Crippen LogP contribution in [0.3, 0.4) is 0 Å². The molecule has 0 saturated carbocycles. The summed E-state index contributed by atoms with van der Waals surface area (Å²) in [6.07, 6.45) is 3.43. The quantitative estimate of drug-likeness (QED) is 0.690. The Morgan fingerprint density at radius 3 is 2.81 bits per heavy atom. The fraction of sp³-hybridized carbons (Fsp3) is 0.556. The monoisotopic (exact) mass is 226 g/mol. The van der Waals surface area contributed by atoms with E-state index in [1.807, 2.05) is 0 Å². The van der Waals surface area contributed by atoms with Crippen molar-refractivity contribution in [3.63, 3.8) is 0 Å². The predicted octanol–water partition coefficient (Wildman–Crippen LogP) is -0.352. The Hall–Kier alpha value is -1.92. The maximum atomic E-state index is 11.4. The molecule has 0 fully saturated rings. The summed E-state index contributed by atoms with van der Waals surface area (Å²) in [5.74, 6) is -1.32. The minimum Gasteiger partial charge on any atom is -0.480 e. The first kappa shape index (κ1) is 12.2. The van der Waals surface area contributed by atoms with Crippen molar-refractivity contribution in [3.8, 4) is 0 Å². The highest BCUT2D eigenvalue weighted by Crippen LogP contribution is 1.93. The maximum absolute atomic E-state index is 11.4. The maximum Gasteiger partial charge on any atom is 0.326 e. The Kier molecular flexibility index (Phi) is 4.43. The number of hydrogen-bond donors (Lipinski definition) is 2. The fourth-order valence-electron chi connectivity index (χ4n) is 1.17. The SMILES string of the molecule is CCC(NC(=O)CCn1cncn1)C(=O)O. The number of hydrogen-bond acceptors (Lipinski definition) is 4. The number of nitrogens with zero attached hydrogens (tertiary/aromatic N) is 3. The van der Waals surface area contributed by atoms with Crippen LogP contribution in [0.25, 0.3) is 0 Å². The first-order chi connectivity index (χ1) is 7.63. The number of carboxylic acid groups (broad SMARTS) is 1. The molecule has 7 nitrogen and oxygen atoms in total. The Labute approximate surface area is 92.5 Å². The van der Waals surface area contributed by atoms with Gasteiger partial charge in [0.2, 0.25) is 5.91 Å². The molecule has 0 radical (unpaired) electrons. The molecule has 0 bridgehead atoms. The number of amides is 1. The normalized spacial score (nSPS) is 12.1.